The Morgan fingerprint density at radius 3 is 2.44 bits per heavy atom. The van der Waals surface area contributed by atoms with Gasteiger partial charge in [-0.1, -0.05) is 36.4 Å². The van der Waals surface area contributed by atoms with Gasteiger partial charge in [0.05, 0.1) is 5.56 Å². The molecule has 0 spiro atoms. The van der Waals surface area contributed by atoms with Crippen molar-refractivity contribution < 1.29 is 18.0 Å². The van der Waals surface area contributed by atoms with Gasteiger partial charge in [0.25, 0.3) is 0 Å². The molecule has 0 heterocycles. The van der Waals surface area contributed by atoms with Gasteiger partial charge >= 0.3 is 6.18 Å². The first-order valence-electron chi connectivity index (χ1n) is 8.17. The molecule has 0 saturated heterocycles. The average Bonchev–Trinajstić information content (AvgIpc) is 2.59. The largest absolute Gasteiger partial charge is 0.416 e. The molecule has 3 nitrogen and oxygen atoms in total. The lowest BCUT2D eigenvalue weighted by Crippen LogP contribution is -2.26. The second-order valence-corrected chi connectivity index (χ2v) is 5.69. The van der Waals surface area contributed by atoms with E-state index in [1.165, 1.54) is 11.6 Å². The second-order valence-electron chi connectivity index (χ2n) is 5.69. The van der Waals surface area contributed by atoms with E-state index < -0.39 is 11.7 Å². The number of aryl methyl sites for hydroxylation is 1. The van der Waals surface area contributed by atoms with Crippen molar-refractivity contribution in [2.75, 3.05) is 18.4 Å². The minimum Gasteiger partial charge on any atom is -0.385 e. The van der Waals surface area contributed by atoms with Gasteiger partial charge in [-0.05, 0) is 36.6 Å². The Labute approximate surface area is 145 Å². The first-order chi connectivity index (χ1) is 11.9. The van der Waals surface area contributed by atoms with E-state index in [4.69, 9.17) is 0 Å². The van der Waals surface area contributed by atoms with Crippen LogP contribution in [0.2, 0.25) is 0 Å². The minimum atomic E-state index is -4.37. The van der Waals surface area contributed by atoms with Crippen LogP contribution in [0.1, 0.15) is 24.0 Å². The van der Waals surface area contributed by atoms with Gasteiger partial charge in [-0.15, -0.1) is 0 Å². The van der Waals surface area contributed by atoms with E-state index in [1.807, 2.05) is 30.3 Å². The van der Waals surface area contributed by atoms with E-state index in [0.717, 1.165) is 25.0 Å². The summed E-state index contributed by atoms with van der Waals surface area (Å²) in [6.45, 7) is 0.864. The molecule has 2 N–H and O–H groups in total. The van der Waals surface area contributed by atoms with Gasteiger partial charge in [0.2, 0.25) is 5.91 Å². The first kappa shape index (κ1) is 18.8. The van der Waals surface area contributed by atoms with Crippen LogP contribution in [0.3, 0.4) is 0 Å². The van der Waals surface area contributed by atoms with Crippen LogP contribution < -0.4 is 10.6 Å². The molecule has 6 heteroatoms. The molecular formula is C19H21F3N2O. The van der Waals surface area contributed by atoms with Crippen molar-refractivity contribution >= 4 is 11.6 Å². The molecule has 2 rings (SSSR count). The van der Waals surface area contributed by atoms with Gasteiger partial charge in [-0.25, -0.2) is 0 Å². The number of nitrogens with one attached hydrogen (secondary N) is 2. The molecule has 0 aromatic heterocycles. The summed E-state index contributed by atoms with van der Waals surface area (Å²) in [5.74, 6) is -0.118. The van der Waals surface area contributed by atoms with E-state index in [-0.39, 0.29) is 18.9 Å². The van der Waals surface area contributed by atoms with E-state index >= 15 is 0 Å². The summed E-state index contributed by atoms with van der Waals surface area (Å²) in [5.41, 5.74) is 0.873. The lowest BCUT2D eigenvalue weighted by atomic mass is 10.1. The van der Waals surface area contributed by atoms with Gasteiger partial charge < -0.3 is 10.6 Å². The molecule has 25 heavy (non-hydrogen) atoms. The van der Waals surface area contributed by atoms with Crippen molar-refractivity contribution in [3.8, 4) is 0 Å². The maximum absolute atomic E-state index is 12.6. The topological polar surface area (TPSA) is 41.1 Å². The Balaban J connectivity index is 1.64. The van der Waals surface area contributed by atoms with Gasteiger partial charge in [0.15, 0.2) is 0 Å². The number of rotatable bonds is 8. The molecular weight excluding hydrogens is 329 g/mol. The molecule has 0 aliphatic heterocycles. The van der Waals surface area contributed by atoms with Gasteiger partial charge in [-0.2, -0.15) is 13.2 Å². The zero-order chi connectivity index (χ0) is 18.1. The monoisotopic (exact) mass is 350 g/mol. The molecule has 0 unspecified atom stereocenters. The number of carbonyl (C=O) groups is 1. The Morgan fingerprint density at radius 1 is 0.960 bits per heavy atom. The molecule has 0 fully saturated rings. The van der Waals surface area contributed by atoms with Crippen molar-refractivity contribution in [3.05, 3.63) is 65.7 Å². The highest BCUT2D eigenvalue weighted by Gasteiger charge is 2.30. The highest BCUT2D eigenvalue weighted by atomic mass is 19.4. The molecule has 0 aliphatic rings. The van der Waals surface area contributed by atoms with Crippen molar-refractivity contribution in [2.45, 2.75) is 25.4 Å². The predicted molar refractivity (Wildman–Crippen MR) is 92.3 cm³/mol. The van der Waals surface area contributed by atoms with Crippen LogP contribution in [-0.2, 0) is 17.4 Å². The Kier molecular flexibility index (Phi) is 6.86. The Morgan fingerprint density at radius 2 is 1.72 bits per heavy atom. The number of carbonyl (C=O) groups excluding carboxylic acids is 1. The fourth-order valence-corrected chi connectivity index (χ4v) is 2.38. The van der Waals surface area contributed by atoms with Crippen LogP contribution in [0, 0.1) is 0 Å². The maximum atomic E-state index is 12.6. The SMILES string of the molecule is O=C(CCNc1cccc(C(F)(F)F)c1)NCCCc1ccccc1. The Hall–Kier alpha value is -2.50. The molecule has 2 aromatic rings. The van der Waals surface area contributed by atoms with E-state index in [1.54, 1.807) is 6.07 Å². The van der Waals surface area contributed by atoms with Crippen LogP contribution in [0.5, 0.6) is 0 Å². The van der Waals surface area contributed by atoms with Crippen molar-refractivity contribution in [1.82, 2.24) is 5.32 Å². The quantitative estimate of drug-likeness (QED) is 0.699. The number of hydrogen-bond donors (Lipinski definition) is 2. The molecule has 0 bridgehead atoms. The summed E-state index contributed by atoms with van der Waals surface area (Å²) in [7, 11) is 0. The molecule has 0 aliphatic carbocycles. The second kappa shape index (κ2) is 9.11. The van der Waals surface area contributed by atoms with Crippen LogP contribution in [0.4, 0.5) is 18.9 Å². The lowest BCUT2D eigenvalue weighted by molar-refractivity contribution is -0.137. The molecule has 0 saturated carbocycles. The van der Waals surface area contributed by atoms with Gasteiger partial charge in [0.1, 0.15) is 0 Å². The highest BCUT2D eigenvalue weighted by molar-refractivity contribution is 5.76. The normalized spacial score (nSPS) is 11.2. The predicted octanol–water partition coefficient (Wildman–Crippen LogP) is 4.26. The zero-order valence-corrected chi connectivity index (χ0v) is 13.8. The number of anilines is 1. The molecule has 1 amide bonds. The van der Waals surface area contributed by atoms with Crippen LogP contribution in [0.25, 0.3) is 0 Å². The van der Waals surface area contributed by atoms with Crippen LogP contribution in [-0.4, -0.2) is 19.0 Å². The number of halogens is 3. The van der Waals surface area contributed by atoms with Gasteiger partial charge in [-0.3, -0.25) is 4.79 Å². The van der Waals surface area contributed by atoms with Crippen molar-refractivity contribution in [3.63, 3.8) is 0 Å². The van der Waals surface area contributed by atoms with Crippen molar-refractivity contribution in [2.24, 2.45) is 0 Å². The average molecular weight is 350 g/mol. The van der Waals surface area contributed by atoms with Crippen LogP contribution >= 0.6 is 0 Å². The number of alkyl halides is 3. The van der Waals surface area contributed by atoms with E-state index in [2.05, 4.69) is 10.6 Å². The summed E-state index contributed by atoms with van der Waals surface area (Å²) in [6, 6.07) is 15.0. The molecule has 2 aromatic carbocycles. The van der Waals surface area contributed by atoms with Crippen LogP contribution in [0.15, 0.2) is 54.6 Å². The number of amides is 1. The third-order valence-electron chi connectivity index (χ3n) is 3.68. The first-order valence-corrected chi connectivity index (χ1v) is 8.17. The minimum absolute atomic E-state index is 0.118. The summed E-state index contributed by atoms with van der Waals surface area (Å²) in [4.78, 5) is 11.7. The molecule has 0 atom stereocenters. The van der Waals surface area contributed by atoms with E-state index in [9.17, 15) is 18.0 Å². The smallest absolute Gasteiger partial charge is 0.385 e. The number of benzene rings is 2. The lowest BCUT2D eigenvalue weighted by Gasteiger charge is -2.10. The van der Waals surface area contributed by atoms with Crippen molar-refractivity contribution in [1.29, 1.82) is 0 Å². The number of hydrogen-bond acceptors (Lipinski definition) is 2. The Bertz CT molecular complexity index is 672. The van der Waals surface area contributed by atoms with E-state index in [0.29, 0.717) is 12.2 Å². The van der Waals surface area contributed by atoms with Gasteiger partial charge in [0, 0.05) is 25.2 Å². The fraction of sp³-hybridized carbons (Fsp3) is 0.316. The summed E-state index contributed by atoms with van der Waals surface area (Å²) in [5, 5.41) is 5.66. The maximum Gasteiger partial charge on any atom is 0.416 e. The molecule has 0 radical (unpaired) electrons. The standard InChI is InChI=1S/C19H21F3N2O/c20-19(21,22)16-9-4-10-17(14-16)23-13-11-18(25)24-12-5-8-15-6-2-1-3-7-15/h1-4,6-7,9-10,14,23H,5,8,11-13H2,(H,24,25). The highest BCUT2D eigenvalue weighted by Crippen LogP contribution is 2.30. The third-order valence-corrected chi connectivity index (χ3v) is 3.68. The summed E-state index contributed by atoms with van der Waals surface area (Å²) in [6.07, 6.45) is -2.42. The molecule has 134 valence electrons. The summed E-state index contributed by atoms with van der Waals surface area (Å²) >= 11 is 0. The third kappa shape index (κ3) is 6.87. The zero-order valence-electron chi connectivity index (χ0n) is 13.8. The fourth-order valence-electron chi connectivity index (χ4n) is 2.38. The summed E-state index contributed by atoms with van der Waals surface area (Å²) < 4.78 is 37.9.